The lowest BCUT2D eigenvalue weighted by Gasteiger charge is -2.15. The SMILES string of the molecule is COc1ccc(C2=C(Sc3ccccc3)C(=O)N(Cc3ccc(C)cc3)C2=O)cc1OC. The molecule has 0 spiro atoms. The number of ether oxygens (including phenoxy) is 2. The van der Waals surface area contributed by atoms with Gasteiger partial charge in [-0.1, -0.05) is 65.9 Å². The monoisotopic (exact) mass is 445 g/mol. The summed E-state index contributed by atoms with van der Waals surface area (Å²) in [6.07, 6.45) is 0. The lowest BCUT2D eigenvalue weighted by molar-refractivity contribution is -0.137. The second-order valence-corrected chi connectivity index (χ2v) is 8.45. The highest BCUT2D eigenvalue weighted by molar-refractivity contribution is 8.04. The number of carbonyl (C=O) groups is 2. The van der Waals surface area contributed by atoms with Gasteiger partial charge in [0.2, 0.25) is 0 Å². The van der Waals surface area contributed by atoms with E-state index >= 15 is 0 Å². The van der Waals surface area contributed by atoms with Crippen LogP contribution in [0.25, 0.3) is 5.57 Å². The number of imide groups is 1. The molecule has 0 aliphatic carbocycles. The van der Waals surface area contributed by atoms with Crippen LogP contribution < -0.4 is 9.47 Å². The van der Waals surface area contributed by atoms with E-state index in [0.29, 0.717) is 27.5 Å². The summed E-state index contributed by atoms with van der Waals surface area (Å²) in [7, 11) is 3.10. The molecule has 4 rings (SSSR count). The van der Waals surface area contributed by atoms with E-state index in [0.717, 1.165) is 16.0 Å². The number of hydrogen-bond donors (Lipinski definition) is 0. The summed E-state index contributed by atoms with van der Waals surface area (Å²) < 4.78 is 10.7. The van der Waals surface area contributed by atoms with Crippen molar-refractivity contribution in [1.82, 2.24) is 4.90 Å². The first-order valence-corrected chi connectivity index (χ1v) is 10.9. The van der Waals surface area contributed by atoms with E-state index in [2.05, 4.69) is 0 Å². The Labute approximate surface area is 191 Å². The lowest BCUT2D eigenvalue weighted by Crippen LogP contribution is -2.30. The van der Waals surface area contributed by atoms with Gasteiger partial charge in [-0.15, -0.1) is 0 Å². The Morgan fingerprint density at radius 1 is 0.812 bits per heavy atom. The highest BCUT2D eigenvalue weighted by atomic mass is 32.2. The van der Waals surface area contributed by atoms with Gasteiger partial charge in [0.25, 0.3) is 11.8 Å². The number of carbonyl (C=O) groups excluding carboxylic acids is 2. The van der Waals surface area contributed by atoms with Crippen molar-refractivity contribution >= 4 is 29.1 Å². The summed E-state index contributed by atoms with van der Waals surface area (Å²) in [5.74, 6) is 0.441. The van der Waals surface area contributed by atoms with Gasteiger partial charge in [-0.2, -0.15) is 0 Å². The van der Waals surface area contributed by atoms with Crippen LogP contribution in [-0.4, -0.2) is 30.9 Å². The fourth-order valence-corrected chi connectivity index (χ4v) is 4.55. The van der Waals surface area contributed by atoms with Crippen LogP contribution in [0, 0.1) is 6.92 Å². The van der Waals surface area contributed by atoms with Gasteiger partial charge in [-0.3, -0.25) is 14.5 Å². The highest BCUT2D eigenvalue weighted by Gasteiger charge is 2.39. The topological polar surface area (TPSA) is 55.8 Å². The third kappa shape index (κ3) is 4.27. The molecule has 0 aromatic heterocycles. The van der Waals surface area contributed by atoms with E-state index in [4.69, 9.17) is 9.47 Å². The molecule has 5 nitrogen and oxygen atoms in total. The summed E-state index contributed by atoms with van der Waals surface area (Å²) in [4.78, 5) is 29.5. The fourth-order valence-electron chi connectivity index (χ4n) is 3.52. The summed E-state index contributed by atoms with van der Waals surface area (Å²) in [5.41, 5.74) is 3.01. The van der Waals surface area contributed by atoms with Crippen LogP contribution in [0.3, 0.4) is 0 Å². The zero-order chi connectivity index (χ0) is 22.7. The number of thioether (sulfide) groups is 1. The van der Waals surface area contributed by atoms with E-state index in [1.54, 1.807) is 32.4 Å². The maximum absolute atomic E-state index is 13.5. The minimum atomic E-state index is -0.318. The smallest absolute Gasteiger partial charge is 0.268 e. The van der Waals surface area contributed by atoms with Crippen LogP contribution in [-0.2, 0) is 16.1 Å². The average molecular weight is 446 g/mol. The Morgan fingerprint density at radius 3 is 2.16 bits per heavy atom. The van der Waals surface area contributed by atoms with Crippen LogP contribution in [0.4, 0.5) is 0 Å². The van der Waals surface area contributed by atoms with Gasteiger partial charge in [-0.25, -0.2) is 0 Å². The van der Waals surface area contributed by atoms with Gasteiger partial charge in [0.05, 0.1) is 31.2 Å². The molecular weight excluding hydrogens is 422 g/mol. The third-order valence-corrected chi connectivity index (χ3v) is 6.31. The Balaban J connectivity index is 1.76. The van der Waals surface area contributed by atoms with Crippen LogP contribution in [0.2, 0.25) is 0 Å². The molecule has 162 valence electrons. The molecule has 0 fully saturated rings. The molecule has 0 unspecified atom stereocenters. The first-order valence-electron chi connectivity index (χ1n) is 10.1. The summed E-state index contributed by atoms with van der Waals surface area (Å²) in [5, 5.41) is 0. The Kier molecular flexibility index (Phi) is 6.32. The zero-order valence-corrected chi connectivity index (χ0v) is 18.9. The number of amides is 2. The Morgan fingerprint density at radius 2 is 1.50 bits per heavy atom. The number of nitrogens with zero attached hydrogens (tertiary/aromatic N) is 1. The van der Waals surface area contributed by atoms with Gasteiger partial charge in [-0.05, 0) is 42.3 Å². The molecule has 3 aromatic carbocycles. The maximum atomic E-state index is 13.5. The van der Waals surface area contributed by atoms with Gasteiger partial charge >= 0.3 is 0 Å². The molecule has 32 heavy (non-hydrogen) atoms. The van der Waals surface area contributed by atoms with Gasteiger partial charge < -0.3 is 9.47 Å². The van der Waals surface area contributed by atoms with Crippen molar-refractivity contribution in [1.29, 1.82) is 0 Å². The van der Waals surface area contributed by atoms with E-state index in [-0.39, 0.29) is 18.4 Å². The van der Waals surface area contributed by atoms with Crippen molar-refractivity contribution in [2.75, 3.05) is 14.2 Å². The van der Waals surface area contributed by atoms with Crippen molar-refractivity contribution in [3.8, 4) is 11.5 Å². The Bertz CT molecular complexity index is 1190. The van der Waals surface area contributed by atoms with Crippen molar-refractivity contribution in [2.24, 2.45) is 0 Å². The summed E-state index contributed by atoms with van der Waals surface area (Å²) in [6, 6.07) is 22.7. The normalized spacial score (nSPS) is 13.7. The molecule has 0 radical (unpaired) electrons. The fraction of sp³-hybridized carbons (Fsp3) is 0.154. The molecule has 0 saturated heterocycles. The number of benzene rings is 3. The van der Waals surface area contributed by atoms with E-state index in [9.17, 15) is 9.59 Å². The predicted octanol–water partition coefficient (Wildman–Crippen LogP) is 5.08. The molecule has 0 N–H and O–H groups in total. The molecule has 1 heterocycles. The first kappa shape index (κ1) is 21.7. The van der Waals surface area contributed by atoms with Gasteiger partial charge in [0.15, 0.2) is 11.5 Å². The molecule has 0 bridgehead atoms. The van der Waals surface area contributed by atoms with Gasteiger partial charge in [0.1, 0.15) is 0 Å². The van der Waals surface area contributed by atoms with Crippen LogP contribution >= 0.6 is 11.8 Å². The Hall–Kier alpha value is -3.51. The molecular formula is C26H23NO4S. The highest BCUT2D eigenvalue weighted by Crippen LogP contribution is 2.42. The minimum absolute atomic E-state index is 0.216. The van der Waals surface area contributed by atoms with E-state index in [1.165, 1.54) is 16.7 Å². The molecule has 0 saturated carbocycles. The lowest BCUT2D eigenvalue weighted by atomic mass is 10.1. The van der Waals surface area contributed by atoms with E-state index < -0.39 is 0 Å². The van der Waals surface area contributed by atoms with Crippen molar-refractivity contribution < 1.29 is 19.1 Å². The quantitative estimate of drug-likeness (QED) is 0.475. The van der Waals surface area contributed by atoms with Crippen LogP contribution in [0.15, 0.2) is 82.6 Å². The van der Waals surface area contributed by atoms with Crippen molar-refractivity contribution in [3.63, 3.8) is 0 Å². The molecule has 0 atom stereocenters. The van der Waals surface area contributed by atoms with Crippen LogP contribution in [0.5, 0.6) is 11.5 Å². The molecule has 2 amide bonds. The second kappa shape index (κ2) is 9.32. The number of aryl methyl sites for hydroxylation is 1. The van der Waals surface area contributed by atoms with Crippen molar-refractivity contribution in [3.05, 3.63) is 94.4 Å². The zero-order valence-electron chi connectivity index (χ0n) is 18.1. The van der Waals surface area contributed by atoms with Crippen molar-refractivity contribution in [2.45, 2.75) is 18.4 Å². The molecule has 6 heteroatoms. The standard InChI is InChI=1S/C26H23NO4S/c1-17-9-11-18(12-10-17)16-27-25(28)23(19-13-14-21(30-2)22(15-19)31-3)24(26(27)29)32-20-7-5-4-6-8-20/h4-15H,16H2,1-3H3. The first-order chi connectivity index (χ1) is 15.5. The molecule has 3 aromatic rings. The molecule has 1 aliphatic rings. The summed E-state index contributed by atoms with van der Waals surface area (Å²) >= 11 is 1.30. The van der Waals surface area contributed by atoms with E-state index in [1.807, 2.05) is 61.5 Å². The predicted molar refractivity (Wildman–Crippen MR) is 126 cm³/mol. The average Bonchev–Trinajstić information content (AvgIpc) is 3.04. The van der Waals surface area contributed by atoms with Crippen LogP contribution in [0.1, 0.15) is 16.7 Å². The third-order valence-electron chi connectivity index (χ3n) is 5.22. The van der Waals surface area contributed by atoms with Gasteiger partial charge in [0, 0.05) is 4.90 Å². The second-order valence-electron chi connectivity index (χ2n) is 7.37. The number of methoxy groups -OCH3 is 2. The number of rotatable bonds is 7. The molecule has 1 aliphatic heterocycles. The largest absolute Gasteiger partial charge is 0.493 e. The maximum Gasteiger partial charge on any atom is 0.268 e. The summed E-state index contributed by atoms with van der Waals surface area (Å²) in [6.45, 7) is 2.22. The minimum Gasteiger partial charge on any atom is -0.493 e. The number of hydrogen-bond acceptors (Lipinski definition) is 5.